The first-order chi connectivity index (χ1) is 13.6. The third-order valence-corrected chi connectivity index (χ3v) is 4.04. The lowest BCUT2D eigenvalue weighted by molar-refractivity contribution is -0.114. The van der Waals surface area contributed by atoms with Crippen LogP contribution >= 0.6 is 0 Å². The molecular formula is C22H30N2O4. The molecule has 1 unspecified atom stereocenters. The van der Waals surface area contributed by atoms with Crippen LogP contribution in [-0.4, -0.2) is 38.4 Å². The normalized spacial score (nSPS) is 11.5. The first kappa shape index (κ1) is 21.6. The van der Waals surface area contributed by atoms with Crippen LogP contribution in [-0.2, 0) is 9.53 Å². The summed E-state index contributed by atoms with van der Waals surface area (Å²) >= 11 is 0. The fourth-order valence-electron chi connectivity index (χ4n) is 2.38. The van der Waals surface area contributed by atoms with Crippen LogP contribution in [0.1, 0.15) is 27.2 Å². The largest absolute Gasteiger partial charge is 0.491 e. The van der Waals surface area contributed by atoms with Crippen LogP contribution in [0.3, 0.4) is 0 Å². The summed E-state index contributed by atoms with van der Waals surface area (Å²) in [6.45, 7) is 7.97. The summed E-state index contributed by atoms with van der Waals surface area (Å²) in [4.78, 5) is 12.2. The van der Waals surface area contributed by atoms with Gasteiger partial charge in [-0.15, -0.1) is 0 Å². The van der Waals surface area contributed by atoms with Gasteiger partial charge in [0.2, 0.25) is 5.91 Å². The number of benzene rings is 2. The minimum absolute atomic E-state index is 0.127. The highest BCUT2D eigenvalue weighted by Gasteiger charge is 2.05. The molecule has 0 spiro atoms. The van der Waals surface area contributed by atoms with Crippen LogP contribution in [0.5, 0.6) is 11.5 Å². The van der Waals surface area contributed by atoms with Crippen molar-refractivity contribution in [1.82, 2.24) is 0 Å². The number of nitrogens with one attached hydrogen (secondary N) is 2. The summed E-state index contributed by atoms with van der Waals surface area (Å²) < 4.78 is 16.6. The second-order valence-electron chi connectivity index (χ2n) is 6.34. The maximum absolute atomic E-state index is 12.2. The van der Waals surface area contributed by atoms with E-state index in [0.717, 1.165) is 29.3 Å². The minimum atomic E-state index is -0.127. The predicted molar refractivity (Wildman–Crippen MR) is 112 cm³/mol. The Labute approximate surface area is 167 Å². The number of rotatable bonds is 12. The van der Waals surface area contributed by atoms with E-state index in [0.29, 0.717) is 19.8 Å². The van der Waals surface area contributed by atoms with Crippen molar-refractivity contribution >= 4 is 17.3 Å². The number of carbonyl (C=O) groups is 1. The van der Waals surface area contributed by atoms with Crippen molar-refractivity contribution in [3.63, 3.8) is 0 Å². The van der Waals surface area contributed by atoms with Crippen molar-refractivity contribution in [3.8, 4) is 11.5 Å². The van der Waals surface area contributed by atoms with Crippen LogP contribution in [0.25, 0.3) is 0 Å². The highest BCUT2D eigenvalue weighted by molar-refractivity contribution is 5.93. The molecule has 0 fully saturated rings. The molecule has 0 aliphatic rings. The predicted octanol–water partition coefficient (Wildman–Crippen LogP) is 4.33. The molecule has 0 heterocycles. The lowest BCUT2D eigenvalue weighted by Gasteiger charge is -2.14. The highest BCUT2D eigenvalue weighted by atomic mass is 16.5. The van der Waals surface area contributed by atoms with E-state index in [-0.39, 0.29) is 18.6 Å². The van der Waals surface area contributed by atoms with Crippen molar-refractivity contribution in [2.24, 2.45) is 0 Å². The number of ether oxygens (including phenoxy) is 3. The van der Waals surface area contributed by atoms with Gasteiger partial charge in [0.1, 0.15) is 18.1 Å². The van der Waals surface area contributed by atoms with E-state index in [9.17, 15) is 4.79 Å². The summed E-state index contributed by atoms with van der Waals surface area (Å²) in [6, 6.07) is 14.9. The quantitative estimate of drug-likeness (QED) is 0.532. The van der Waals surface area contributed by atoms with Crippen LogP contribution in [0.4, 0.5) is 11.4 Å². The molecule has 2 N–H and O–H groups in total. The molecule has 2 aromatic carbocycles. The maximum Gasteiger partial charge on any atom is 0.243 e. The Balaban J connectivity index is 1.77. The lowest BCUT2D eigenvalue weighted by Crippen LogP contribution is -2.21. The summed E-state index contributed by atoms with van der Waals surface area (Å²) in [5.74, 6) is 1.41. The Morgan fingerprint density at radius 1 is 1.00 bits per heavy atom. The van der Waals surface area contributed by atoms with E-state index < -0.39 is 0 Å². The molecule has 0 saturated carbocycles. The van der Waals surface area contributed by atoms with E-state index in [1.807, 2.05) is 62.4 Å². The fraction of sp³-hybridized carbons (Fsp3) is 0.409. The Hall–Kier alpha value is -2.73. The summed E-state index contributed by atoms with van der Waals surface area (Å²) in [6.07, 6.45) is 1.10. The van der Waals surface area contributed by atoms with Gasteiger partial charge in [-0.1, -0.05) is 13.0 Å². The average molecular weight is 386 g/mol. The van der Waals surface area contributed by atoms with E-state index in [1.54, 1.807) is 0 Å². The Morgan fingerprint density at radius 2 is 1.79 bits per heavy atom. The second kappa shape index (κ2) is 11.9. The van der Waals surface area contributed by atoms with Gasteiger partial charge in [0.15, 0.2) is 0 Å². The van der Waals surface area contributed by atoms with Crippen LogP contribution in [0, 0.1) is 0 Å². The van der Waals surface area contributed by atoms with Gasteiger partial charge in [0.25, 0.3) is 0 Å². The van der Waals surface area contributed by atoms with Crippen LogP contribution in [0.15, 0.2) is 48.5 Å². The van der Waals surface area contributed by atoms with Crippen molar-refractivity contribution in [2.75, 3.05) is 37.0 Å². The number of anilines is 2. The molecule has 2 aromatic rings. The summed E-state index contributed by atoms with van der Waals surface area (Å²) in [5, 5.41) is 5.98. The molecule has 0 saturated heterocycles. The maximum atomic E-state index is 12.2. The first-order valence-electron chi connectivity index (χ1n) is 9.71. The molecule has 0 aliphatic carbocycles. The molecule has 2 rings (SSSR count). The number of hydrogen-bond donors (Lipinski definition) is 2. The molecule has 1 amide bonds. The zero-order valence-electron chi connectivity index (χ0n) is 16.9. The van der Waals surface area contributed by atoms with Gasteiger partial charge in [0, 0.05) is 24.0 Å². The highest BCUT2D eigenvalue weighted by Crippen LogP contribution is 2.19. The molecule has 28 heavy (non-hydrogen) atoms. The molecule has 0 bridgehead atoms. The molecule has 6 heteroatoms. The molecule has 152 valence electrons. The lowest BCUT2D eigenvalue weighted by atomic mass is 10.2. The molecule has 1 atom stereocenters. The van der Waals surface area contributed by atoms with E-state index in [2.05, 4.69) is 17.6 Å². The zero-order valence-corrected chi connectivity index (χ0v) is 16.9. The fourth-order valence-corrected chi connectivity index (χ4v) is 2.38. The monoisotopic (exact) mass is 386 g/mol. The third kappa shape index (κ3) is 7.88. The third-order valence-electron chi connectivity index (χ3n) is 4.04. The first-order valence-corrected chi connectivity index (χ1v) is 9.71. The van der Waals surface area contributed by atoms with E-state index >= 15 is 0 Å². The molecule has 6 nitrogen and oxygen atoms in total. The number of amides is 1. The van der Waals surface area contributed by atoms with Gasteiger partial charge in [-0.2, -0.15) is 0 Å². The summed E-state index contributed by atoms with van der Waals surface area (Å²) in [7, 11) is 0. The molecule has 0 aromatic heterocycles. The number of hydrogen-bond acceptors (Lipinski definition) is 5. The Morgan fingerprint density at radius 3 is 2.50 bits per heavy atom. The molecule has 0 aliphatic heterocycles. The minimum Gasteiger partial charge on any atom is -0.491 e. The van der Waals surface area contributed by atoms with Crippen molar-refractivity contribution in [2.45, 2.75) is 33.3 Å². The van der Waals surface area contributed by atoms with Gasteiger partial charge in [-0.25, -0.2) is 0 Å². The standard InChI is InChI=1S/C22H30N2O4/c1-4-17(3)28-21-8-6-7-19(15-21)23-16-22(25)24-18-9-11-20(12-10-18)27-14-13-26-5-2/h6-12,15,17,23H,4-5,13-14,16H2,1-3H3,(H,24,25). The zero-order chi connectivity index (χ0) is 20.2. The van der Waals surface area contributed by atoms with Gasteiger partial charge in [-0.3, -0.25) is 4.79 Å². The van der Waals surface area contributed by atoms with Crippen LogP contribution in [0.2, 0.25) is 0 Å². The van der Waals surface area contributed by atoms with Crippen molar-refractivity contribution in [3.05, 3.63) is 48.5 Å². The topological polar surface area (TPSA) is 68.8 Å². The van der Waals surface area contributed by atoms with E-state index in [4.69, 9.17) is 14.2 Å². The SMILES string of the molecule is CCOCCOc1ccc(NC(=O)CNc2cccc(OC(C)CC)c2)cc1. The van der Waals surface area contributed by atoms with Gasteiger partial charge in [0.05, 0.1) is 19.3 Å². The van der Waals surface area contributed by atoms with Crippen LogP contribution < -0.4 is 20.1 Å². The van der Waals surface area contributed by atoms with Crippen molar-refractivity contribution in [1.29, 1.82) is 0 Å². The number of carbonyl (C=O) groups excluding carboxylic acids is 1. The van der Waals surface area contributed by atoms with Gasteiger partial charge >= 0.3 is 0 Å². The second-order valence-corrected chi connectivity index (χ2v) is 6.34. The molecular weight excluding hydrogens is 356 g/mol. The van der Waals surface area contributed by atoms with Crippen molar-refractivity contribution < 1.29 is 19.0 Å². The summed E-state index contributed by atoms with van der Waals surface area (Å²) in [5.41, 5.74) is 1.56. The Bertz CT molecular complexity index is 719. The molecule has 0 radical (unpaired) electrons. The van der Waals surface area contributed by atoms with Gasteiger partial charge in [-0.05, 0) is 56.7 Å². The average Bonchev–Trinajstić information content (AvgIpc) is 2.71. The van der Waals surface area contributed by atoms with E-state index in [1.165, 1.54) is 0 Å². The Kier molecular flexibility index (Phi) is 9.15. The van der Waals surface area contributed by atoms with Gasteiger partial charge < -0.3 is 24.8 Å². The smallest absolute Gasteiger partial charge is 0.243 e.